The second-order valence-corrected chi connectivity index (χ2v) is 25.0. The summed E-state index contributed by atoms with van der Waals surface area (Å²) in [6, 6.07) is 0. The van der Waals surface area contributed by atoms with Crippen LogP contribution in [0.25, 0.3) is 10.4 Å². The molecule has 0 radical (unpaired) electrons. The predicted octanol–water partition coefficient (Wildman–Crippen LogP) is 1.37. The third-order valence-corrected chi connectivity index (χ3v) is 11.1. The first-order valence-corrected chi connectivity index (χ1v) is 23.5. The van der Waals surface area contributed by atoms with Crippen molar-refractivity contribution >= 4 is 65.0 Å². The number of esters is 1. The summed E-state index contributed by atoms with van der Waals surface area (Å²) in [6.07, 6.45) is 0. The number of hydrogen-bond donors (Lipinski definition) is 10. The van der Waals surface area contributed by atoms with Gasteiger partial charge in [0.25, 0.3) is 0 Å². The first-order chi connectivity index (χ1) is 32.0. The van der Waals surface area contributed by atoms with Crippen molar-refractivity contribution in [2.45, 2.75) is 240 Å². The standard InChI is InChI=1S/C48H85N13O12/c1-37(2,3)73-36(72)48(24,25)59-34(70)46(20,21)57-32(68)44(16,17)55-30(66)42(12,13)53-28(64)40(8,9)51-26(62)38(4,5)50-27(63)39(6,7)52-29(65)41(10,11)54-31(67)43(14,15)56-33(69)45(18,19)58-35(71)47(22,23)60-61-49/h1-25H3,(H,50,63)(H,51,62)(H,52,65)(H,53,64)(H,54,67)(H,55,66)(H,56,69)(H,57,68)(H,58,71)(H,59,70). The Morgan fingerprint density at radius 3 is 0.589 bits per heavy atom. The Morgan fingerprint density at radius 2 is 0.438 bits per heavy atom. The topological polar surface area (TPSA) is 366 Å². The lowest BCUT2D eigenvalue weighted by Gasteiger charge is -2.38. The molecule has 10 N–H and O–H groups in total. The molecule has 10 amide bonds. The van der Waals surface area contributed by atoms with E-state index in [2.05, 4.69) is 63.2 Å². The number of amides is 10. The molecular weight excluding hydrogens is 951 g/mol. The van der Waals surface area contributed by atoms with Crippen LogP contribution in [-0.4, -0.2) is 132 Å². The SMILES string of the molecule is CC(C)(C)OC(=O)C(C)(C)NC(=O)C(C)(C)NC(=O)C(C)(C)NC(=O)C(C)(C)NC(=O)C(C)(C)NC(=O)C(C)(C)NC(=O)C(C)(C)NC(=O)C(C)(C)NC(=O)C(C)(C)NC(=O)C(C)(C)NC(=O)C(C)(C)N=[N+]=[N-]. The van der Waals surface area contributed by atoms with Gasteiger partial charge in [-0.1, -0.05) is 5.11 Å². The highest BCUT2D eigenvalue weighted by atomic mass is 16.6. The van der Waals surface area contributed by atoms with Gasteiger partial charge in [0.1, 0.15) is 66.5 Å². The van der Waals surface area contributed by atoms with Crippen molar-refractivity contribution in [2.24, 2.45) is 5.11 Å². The second-order valence-electron chi connectivity index (χ2n) is 25.0. The zero-order valence-corrected chi connectivity index (χ0v) is 47.7. The molecule has 25 heteroatoms. The summed E-state index contributed by atoms with van der Waals surface area (Å²) < 4.78 is 5.40. The Labute approximate surface area is 429 Å². The highest BCUT2D eigenvalue weighted by Crippen LogP contribution is 2.20. The molecule has 0 spiro atoms. The summed E-state index contributed by atoms with van der Waals surface area (Å²) in [5.74, 6) is -8.71. The lowest BCUT2D eigenvalue weighted by molar-refractivity contribution is -0.163. The van der Waals surface area contributed by atoms with Gasteiger partial charge in [0, 0.05) is 4.91 Å². The summed E-state index contributed by atoms with van der Waals surface area (Å²) in [5, 5.41) is 29.0. The number of nitrogens with zero attached hydrogens (tertiary/aromatic N) is 3. The Kier molecular flexibility index (Phi) is 19.9. The largest absolute Gasteiger partial charge is 0.458 e. The van der Waals surface area contributed by atoms with Gasteiger partial charge in [-0.15, -0.1) is 0 Å². The van der Waals surface area contributed by atoms with Crippen LogP contribution >= 0.6 is 0 Å². The van der Waals surface area contributed by atoms with Gasteiger partial charge in [-0.25, -0.2) is 4.79 Å². The van der Waals surface area contributed by atoms with E-state index >= 15 is 0 Å². The van der Waals surface area contributed by atoms with E-state index in [1.165, 1.54) is 152 Å². The van der Waals surface area contributed by atoms with E-state index < -0.39 is 132 Å². The molecule has 0 aromatic heterocycles. The lowest BCUT2D eigenvalue weighted by Crippen LogP contribution is -2.70. The van der Waals surface area contributed by atoms with Crippen LogP contribution in [0.1, 0.15) is 173 Å². The second kappa shape index (κ2) is 21.9. The van der Waals surface area contributed by atoms with Crippen LogP contribution in [-0.2, 0) is 57.5 Å². The molecule has 25 nitrogen and oxygen atoms in total. The number of hydrogen-bond acceptors (Lipinski definition) is 13. The van der Waals surface area contributed by atoms with Gasteiger partial charge in [-0.3, -0.25) is 47.9 Å². The Bertz CT molecular complexity index is 2280. The molecular formula is C48H85N13O12. The van der Waals surface area contributed by atoms with Gasteiger partial charge >= 0.3 is 5.97 Å². The molecule has 414 valence electrons. The van der Waals surface area contributed by atoms with E-state index in [0.29, 0.717) is 0 Å². The summed E-state index contributed by atoms with van der Waals surface area (Å²) in [4.78, 5) is 150. The van der Waals surface area contributed by atoms with Crippen LogP contribution < -0.4 is 53.2 Å². The van der Waals surface area contributed by atoms with Crippen LogP contribution in [0.2, 0.25) is 0 Å². The fourth-order valence-electron chi connectivity index (χ4n) is 5.52. The van der Waals surface area contributed by atoms with Crippen LogP contribution in [0.5, 0.6) is 0 Å². The maximum Gasteiger partial charge on any atom is 0.331 e. The first-order valence-electron chi connectivity index (χ1n) is 23.5. The van der Waals surface area contributed by atoms with Crippen molar-refractivity contribution in [1.82, 2.24) is 53.2 Å². The third-order valence-electron chi connectivity index (χ3n) is 11.1. The molecule has 0 aliphatic carbocycles. The molecule has 0 atom stereocenters. The summed E-state index contributed by atoms with van der Waals surface area (Å²) in [7, 11) is 0. The summed E-state index contributed by atoms with van der Waals surface area (Å²) in [5.41, 5.74) is -10.1. The molecule has 0 unspecified atom stereocenters. The minimum atomic E-state index is -1.73. The number of nitrogens with one attached hydrogen (secondary N) is 10. The van der Waals surface area contributed by atoms with Crippen molar-refractivity contribution in [2.75, 3.05) is 0 Å². The highest BCUT2D eigenvalue weighted by Gasteiger charge is 2.47. The molecule has 0 aliphatic rings. The summed E-state index contributed by atoms with van der Waals surface area (Å²) in [6.45, 7) is 35.2. The smallest absolute Gasteiger partial charge is 0.331 e. The third kappa shape index (κ3) is 18.8. The average Bonchev–Trinajstić information content (AvgIpc) is 3.15. The van der Waals surface area contributed by atoms with E-state index in [1.807, 2.05) is 0 Å². The van der Waals surface area contributed by atoms with Crippen LogP contribution in [0.3, 0.4) is 0 Å². The average molecular weight is 1040 g/mol. The number of rotatable bonds is 22. The van der Waals surface area contributed by atoms with Gasteiger partial charge in [-0.2, -0.15) is 0 Å². The Balaban J connectivity index is 5.84. The Morgan fingerprint density at radius 1 is 0.288 bits per heavy atom. The fourth-order valence-corrected chi connectivity index (χ4v) is 5.52. The molecule has 0 bridgehead atoms. The minimum absolute atomic E-state index is 0.698. The molecule has 0 fully saturated rings. The minimum Gasteiger partial charge on any atom is -0.458 e. The van der Waals surface area contributed by atoms with E-state index in [0.717, 1.165) is 0 Å². The van der Waals surface area contributed by atoms with Crippen LogP contribution in [0.4, 0.5) is 0 Å². The van der Waals surface area contributed by atoms with Gasteiger partial charge in [0.2, 0.25) is 59.1 Å². The van der Waals surface area contributed by atoms with E-state index in [1.54, 1.807) is 20.8 Å². The van der Waals surface area contributed by atoms with Crippen molar-refractivity contribution in [3.8, 4) is 0 Å². The van der Waals surface area contributed by atoms with Crippen molar-refractivity contribution in [1.29, 1.82) is 0 Å². The molecule has 0 aromatic rings. The quantitative estimate of drug-likeness (QED) is 0.0318. The zero-order chi connectivity index (χ0) is 58.5. The number of carbonyl (C=O) groups excluding carboxylic acids is 11. The maximum atomic E-state index is 13.7. The lowest BCUT2D eigenvalue weighted by atomic mass is 9.93. The Hall–Kier alpha value is -6.52. The van der Waals surface area contributed by atoms with Gasteiger partial charge in [0.15, 0.2) is 0 Å². The van der Waals surface area contributed by atoms with E-state index in [9.17, 15) is 52.7 Å². The molecule has 73 heavy (non-hydrogen) atoms. The molecule has 0 saturated heterocycles. The van der Waals surface area contributed by atoms with E-state index in [4.69, 9.17) is 10.3 Å². The zero-order valence-electron chi connectivity index (χ0n) is 47.7. The maximum absolute atomic E-state index is 13.7. The first kappa shape index (κ1) is 66.5. The monoisotopic (exact) mass is 1040 g/mol. The normalized spacial score (nSPS) is 13.3. The molecule has 0 aromatic carbocycles. The van der Waals surface area contributed by atoms with Gasteiger partial charge in [0.05, 0.1) is 0 Å². The molecule has 0 heterocycles. The predicted molar refractivity (Wildman–Crippen MR) is 271 cm³/mol. The van der Waals surface area contributed by atoms with Crippen molar-refractivity contribution < 1.29 is 57.5 Å². The summed E-state index contributed by atoms with van der Waals surface area (Å²) >= 11 is 0. The van der Waals surface area contributed by atoms with Crippen molar-refractivity contribution in [3.05, 3.63) is 10.4 Å². The van der Waals surface area contributed by atoms with Gasteiger partial charge < -0.3 is 57.9 Å². The molecule has 0 rings (SSSR count). The fraction of sp³-hybridized carbons (Fsp3) is 0.771. The molecule has 0 aliphatic heterocycles. The van der Waals surface area contributed by atoms with Gasteiger partial charge in [-0.05, 0) is 179 Å². The molecule has 0 saturated carbocycles. The van der Waals surface area contributed by atoms with Crippen LogP contribution in [0, 0.1) is 0 Å². The number of carbonyl (C=O) groups is 11. The van der Waals surface area contributed by atoms with Crippen molar-refractivity contribution in [3.63, 3.8) is 0 Å². The number of azide groups is 1. The van der Waals surface area contributed by atoms with E-state index in [-0.39, 0.29) is 0 Å². The number of ether oxygens (including phenoxy) is 1. The van der Waals surface area contributed by atoms with Crippen LogP contribution in [0.15, 0.2) is 5.11 Å². The highest BCUT2D eigenvalue weighted by molar-refractivity contribution is 6.03.